The van der Waals surface area contributed by atoms with E-state index in [-0.39, 0.29) is 0 Å². The van der Waals surface area contributed by atoms with Crippen LogP contribution in [0, 0.1) is 5.92 Å². The lowest BCUT2D eigenvalue weighted by atomic mass is 9.78. The molecule has 1 saturated carbocycles. The normalized spacial score (nSPS) is 23.1. The lowest BCUT2D eigenvalue weighted by molar-refractivity contribution is 0.296. The van der Waals surface area contributed by atoms with E-state index in [1.165, 1.54) is 37.0 Å². The minimum Gasteiger partial charge on any atom is -0.330 e. The number of fused-ring (bicyclic) bond motifs is 1. The molecule has 2 N–H and O–H groups in total. The highest BCUT2D eigenvalue weighted by Crippen LogP contribution is 2.39. The van der Waals surface area contributed by atoms with Gasteiger partial charge in [-0.15, -0.1) is 0 Å². The Morgan fingerprint density at radius 1 is 1.33 bits per heavy atom. The van der Waals surface area contributed by atoms with Crippen molar-refractivity contribution >= 4 is 27.0 Å². The fraction of sp³-hybridized carbons (Fsp3) is 0.588. The highest BCUT2D eigenvalue weighted by atomic mass is 79.9. The second-order valence-corrected chi connectivity index (χ2v) is 7.37. The highest BCUT2D eigenvalue weighted by molar-refractivity contribution is 9.10. The summed E-state index contributed by atoms with van der Waals surface area (Å²) in [6.45, 7) is 5.26. The topological polar surface area (TPSA) is 43.8 Å². The van der Waals surface area contributed by atoms with Gasteiger partial charge in [-0.1, -0.05) is 28.8 Å². The molecule has 0 bridgehead atoms. The molecule has 0 spiro atoms. The van der Waals surface area contributed by atoms with Crippen LogP contribution in [0.15, 0.2) is 22.7 Å². The third-order valence-corrected chi connectivity index (χ3v) is 5.23. The van der Waals surface area contributed by atoms with Gasteiger partial charge in [0.1, 0.15) is 5.82 Å². The van der Waals surface area contributed by atoms with E-state index in [2.05, 4.69) is 52.5 Å². The average molecular weight is 350 g/mol. The molecule has 2 atom stereocenters. The van der Waals surface area contributed by atoms with Crippen LogP contribution in [0.2, 0.25) is 0 Å². The van der Waals surface area contributed by atoms with Crippen molar-refractivity contribution in [2.75, 3.05) is 6.54 Å². The quantitative estimate of drug-likeness (QED) is 0.878. The molecule has 1 fully saturated rings. The zero-order valence-electron chi connectivity index (χ0n) is 12.8. The number of aromatic nitrogens is 2. The van der Waals surface area contributed by atoms with E-state index < -0.39 is 0 Å². The standard InChI is InChI=1S/C17H24BrN3/c1-11(2)21-16-8-7-13(18)9-15(16)20-17(21)14-6-4-3-5-12(14)10-19/h7-9,11-12,14H,3-6,10,19H2,1-2H3. The van der Waals surface area contributed by atoms with Crippen LogP contribution >= 0.6 is 15.9 Å². The van der Waals surface area contributed by atoms with E-state index in [9.17, 15) is 0 Å². The first kappa shape index (κ1) is 15.0. The zero-order valence-corrected chi connectivity index (χ0v) is 14.4. The number of rotatable bonds is 3. The van der Waals surface area contributed by atoms with Crippen molar-refractivity contribution in [1.82, 2.24) is 9.55 Å². The first-order valence-electron chi connectivity index (χ1n) is 7.99. The summed E-state index contributed by atoms with van der Waals surface area (Å²) >= 11 is 3.56. The number of hydrogen-bond acceptors (Lipinski definition) is 2. The van der Waals surface area contributed by atoms with Gasteiger partial charge in [-0.25, -0.2) is 4.98 Å². The minimum atomic E-state index is 0.423. The molecule has 0 radical (unpaired) electrons. The maximum absolute atomic E-state index is 6.03. The van der Waals surface area contributed by atoms with Gasteiger partial charge in [-0.2, -0.15) is 0 Å². The Hall–Kier alpha value is -0.870. The highest BCUT2D eigenvalue weighted by Gasteiger charge is 2.30. The first-order chi connectivity index (χ1) is 10.1. The summed E-state index contributed by atoms with van der Waals surface area (Å²) in [5, 5.41) is 0. The summed E-state index contributed by atoms with van der Waals surface area (Å²) in [6, 6.07) is 6.83. The van der Waals surface area contributed by atoms with Gasteiger partial charge in [0.2, 0.25) is 0 Å². The Morgan fingerprint density at radius 3 is 2.81 bits per heavy atom. The fourth-order valence-electron chi connectivity index (χ4n) is 3.72. The number of nitrogens with zero attached hydrogens (tertiary/aromatic N) is 2. The zero-order chi connectivity index (χ0) is 15.0. The van der Waals surface area contributed by atoms with Gasteiger partial charge in [0.25, 0.3) is 0 Å². The van der Waals surface area contributed by atoms with Gasteiger partial charge >= 0.3 is 0 Å². The molecule has 0 amide bonds. The Bertz CT molecular complexity index is 632. The van der Waals surface area contributed by atoms with Crippen LogP contribution in [0.25, 0.3) is 11.0 Å². The fourth-order valence-corrected chi connectivity index (χ4v) is 4.07. The molecule has 1 aromatic carbocycles. The van der Waals surface area contributed by atoms with Crippen molar-refractivity contribution in [2.24, 2.45) is 11.7 Å². The second kappa shape index (κ2) is 6.09. The van der Waals surface area contributed by atoms with Gasteiger partial charge in [0, 0.05) is 16.4 Å². The predicted molar refractivity (Wildman–Crippen MR) is 91.6 cm³/mol. The summed E-state index contributed by atoms with van der Waals surface area (Å²) in [4.78, 5) is 4.99. The molecular weight excluding hydrogens is 326 g/mol. The monoisotopic (exact) mass is 349 g/mol. The Morgan fingerprint density at radius 2 is 2.10 bits per heavy atom. The van der Waals surface area contributed by atoms with Gasteiger partial charge in [0.05, 0.1) is 11.0 Å². The van der Waals surface area contributed by atoms with Gasteiger partial charge in [-0.05, 0) is 57.4 Å². The van der Waals surface area contributed by atoms with Crippen LogP contribution in [0.1, 0.15) is 57.3 Å². The van der Waals surface area contributed by atoms with Crippen LogP contribution in [0.4, 0.5) is 0 Å². The number of benzene rings is 1. The first-order valence-corrected chi connectivity index (χ1v) is 8.78. The molecule has 1 aromatic heterocycles. The molecule has 114 valence electrons. The van der Waals surface area contributed by atoms with Crippen LogP contribution in [-0.2, 0) is 0 Å². The van der Waals surface area contributed by atoms with E-state index >= 15 is 0 Å². The molecule has 1 aliphatic rings. The third-order valence-electron chi connectivity index (χ3n) is 4.74. The number of imidazole rings is 1. The van der Waals surface area contributed by atoms with E-state index in [0.717, 1.165) is 16.5 Å². The summed E-state index contributed by atoms with van der Waals surface area (Å²) < 4.78 is 3.51. The predicted octanol–water partition coefficient (Wildman–Crippen LogP) is 4.61. The maximum Gasteiger partial charge on any atom is 0.113 e. The summed E-state index contributed by atoms with van der Waals surface area (Å²) in [6.07, 6.45) is 5.07. The van der Waals surface area contributed by atoms with Crippen molar-refractivity contribution in [2.45, 2.75) is 51.5 Å². The van der Waals surface area contributed by atoms with Crippen LogP contribution < -0.4 is 5.73 Å². The number of nitrogens with two attached hydrogens (primary N) is 1. The van der Waals surface area contributed by atoms with Crippen LogP contribution in [-0.4, -0.2) is 16.1 Å². The Kier molecular flexibility index (Phi) is 4.36. The summed E-state index contributed by atoms with van der Waals surface area (Å²) in [5.74, 6) is 2.34. The summed E-state index contributed by atoms with van der Waals surface area (Å²) in [7, 11) is 0. The Labute approximate surface area is 135 Å². The van der Waals surface area contributed by atoms with E-state index in [4.69, 9.17) is 10.7 Å². The van der Waals surface area contributed by atoms with Crippen molar-refractivity contribution in [3.05, 3.63) is 28.5 Å². The van der Waals surface area contributed by atoms with Crippen molar-refractivity contribution in [3.8, 4) is 0 Å². The van der Waals surface area contributed by atoms with Gasteiger partial charge < -0.3 is 10.3 Å². The SMILES string of the molecule is CC(C)n1c(C2CCCCC2CN)nc2cc(Br)ccc21. The van der Waals surface area contributed by atoms with Crippen LogP contribution in [0.5, 0.6) is 0 Å². The third kappa shape index (κ3) is 2.76. The largest absolute Gasteiger partial charge is 0.330 e. The van der Waals surface area contributed by atoms with Gasteiger partial charge in [0.15, 0.2) is 0 Å². The molecule has 4 heteroatoms. The molecule has 1 aliphatic carbocycles. The average Bonchev–Trinajstić information content (AvgIpc) is 2.85. The molecule has 0 aliphatic heterocycles. The van der Waals surface area contributed by atoms with Crippen molar-refractivity contribution < 1.29 is 0 Å². The molecule has 3 rings (SSSR count). The lowest BCUT2D eigenvalue weighted by Gasteiger charge is -2.31. The number of halogens is 1. The molecule has 3 nitrogen and oxygen atoms in total. The second-order valence-electron chi connectivity index (χ2n) is 6.45. The molecule has 0 saturated heterocycles. The molecule has 21 heavy (non-hydrogen) atoms. The van der Waals surface area contributed by atoms with Gasteiger partial charge in [-0.3, -0.25) is 0 Å². The lowest BCUT2D eigenvalue weighted by Crippen LogP contribution is -2.27. The minimum absolute atomic E-state index is 0.423. The van der Waals surface area contributed by atoms with Crippen LogP contribution in [0.3, 0.4) is 0 Å². The van der Waals surface area contributed by atoms with Crippen molar-refractivity contribution in [1.29, 1.82) is 0 Å². The number of hydrogen-bond donors (Lipinski definition) is 1. The van der Waals surface area contributed by atoms with E-state index in [0.29, 0.717) is 17.9 Å². The molecule has 2 unspecified atom stereocenters. The molecule has 1 heterocycles. The summed E-state index contributed by atoms with van der Waals surface area (Å²) in [5.41, 5.74) is 8.36. The van der Waals surface area contributed by atoms with E-state index in [1.807, 2.05) is 0 Å². The van der Waals surface area contributed by atoms with E-state index in [1.54, 1.807) is 0 Å². The molecular formula is C17H24BrN3. The Balaban J connectivity index is 2.14. The van der Waals surface area contributed by atoms with Crippen molar-refractivity contribution in [3.63, 3.8) is 0 Å². The smallest absolute Gasteiger partial charge is 0.113 e. The maximum atomic E-state index is 6.03. The molecule has 2 aromatic rings.